The molecule has 1 unspecified atom stereocenters. The van der Waals surface area contributed by atoms with E-state index in [1.165, 1.54) is 10.5 Å². The standard InChI is InChI=1S/C18H18ClNOS2/c1-22-11-12-2-4-13(5-3-12)18(21)20-16-8-9-23-17-7-6-14(19)10-15(16)17/h2-7,10,16H,8-9,11H2,1H3,(H,20,21). The lowest BCUT2D eigenvalue weighted by Gasteiger charge is -2.26. The highest BCUT2D eigenvalue weighted by Gasteiger charge is 2.23. The highest BCUT2D eigenvalue weighted by molar-refractivity contribution is 7.99. The molecule has 1 heterocycles. The van der Waals surface area contributed by atoms with Crippen LogP contribution in [-0.4, -0.2) is 17.9 Å². The Morgan fingerprint density at radius 1 is 1.30 bits per heavy atom. The van der Waals surface area contributed by atoms with Gasteiger partial charge in [0.05, 0.1) is 6.04 Å². The van der Waals surface area contributed by atoms with Gasteiger partial charge < -0.3 is 5.32 Å². The molecule has 1 aliphatic heterocycles. The van der Waals surface area contributed by atoms with Gasteiger partial charge in [0.15, 0.2) is 0 Å². The van der Waals surface area contributed by atoms with E-state index < -0.39 is 0 Å². The molecule has 1 aliphatic rings. The van der Waals surface area contributed by atoms with Gasteiger partial charge >= 0.3 is 0 Å². The first kappa shape index (κ1) is 16.7. The number of carbonyl (C=O) groups is 1. The summed E-state index contributed by atoms with van der Waals surface area (Å²) in [6.07, 6.45) is 3.00. The normalized spacial score (nSPS) is 16.7. The predicted molar refractivity (Wildman–Crippen MR) is 101 cm³/mol. The summed E-state index contributed by atoms with van der Waals surface area (Å²) in [5.74, 6) is 1.95. The minimum atomic E-state index is -0.0245. The third kappa shape index (κ3) is 4.06. The number of carbonyl (C=O) groups excluding carboxylic acids is 1. The van der Waals surface area contributed by atoms with Crippen LogP contribution >= 0.6 is 35.1 Å². The van der Waals surface area contributed by atoms with Gasteiger partial charge in [0.25, 0.3) is 5.91 Å². The highest BCUT2D eigenvalue weighted by atomic mass is 35.5. The van der Waals surface area contributed by atoms with Crippen molar-refractivity contribution in [3.8, 4) is 0 Å². The fourth-order valence-electron chi connectivity index (χ4n) is 2.68. The van der Waals surface area contributed by atoms with Gasteiger partial charge in [0.2, 0.25) is 0 Å². The second kappa shape index (κ2) is 7.65. The summed E-state index contributed by atoms with van der Waals surface area (Å²) in [6.45, 7) is 0. The number of thioether (sulfide) groups is 2. The maximum absolute atomic E-state index is 12.5. The maximum Gasteiger partial charge on any atom is 0.251 e. The molecular formula is C18H18ClNOS2. The lowest BCUT2D eigenvalue weighted by Crippen LogP contribution is -2.30. The maximum atomic E-state index is 12.5. The quantitative estimate of drug-likeness (QED) is 0.812. The molecule has 5 heteroatoms. The molecule has 0 bridgehead atoms. The van der Waals surface area contributed by atoms with E-state index in [4.69, 9.17) is 11.6 Å². The van der Waals surface area contributed by atoms with E-state index in [1.54, 1.807) is 11.8 Å². The Morgan fingerprint density at radius 3 is 2.83 bits per heavy atom. The lowest BCUT2D eigenvalue weighted by molar-refractivity contribution is 0.0935. The summed E-state index contributed by atoms with van der Waals surface area (Å²) in [5.41, 5.74) is 3.07. The van der Waals surface area contributed by atoms with E-state index >= 15 is 0 Å². The SMILES string of the molecule is CSCc1ccc(C(=O)NC2CCSc3ccc(Cl)cc32)cc1. The number of hydrogen-bond acceptors (Lipinski definition) is 3. The Kier molecular flexibility index (Phi) is 5.57. The second-order valence-electron chi connectivity index (χ2n) is 5.48. The Labute approximate surface area is 150 Å². The minimum Gasteiger partial charge on any atom is -0.345 e. The first-order valence-corrected chi connectivity index (χ1v) is 10.2. The topological polar surface area (TPSA) is 29.1 Å². The van der Waals surface area contributed by atoms with Gasteiger partial charge in [-0.25, -0.2) is 0 Å². The molecule has 23 heavy (non-hydrogen) atoms. The molecular weight excluding hydrogens is 346 g/mol. The average molecular weight is 364 g/mol. The summed E-state index contributed by atoms with van der Waals surface area (Å²) in [7, 11) is 0. The molecule has 0 fully saturated rings. The third-order valence-corrected chi connectivity index (χ3v) is 5.82. The van der Waals surface area contributed by atoms with Gasteiger partial charge in [-0.15, -0.1) is 11.8 Å². The van der Waals surface area contributed by atoms with Crippen LogP contribution in [0.1, 0.15) is 33.9 Å². The average Bonchev–Trinajstić information content (AvgIpc) is 2.56. The number of fused-ring (bicyclic) bond motifs is 1. The van der Waals surface area contributed by atoms with Crippen molar-refractivity contribution in [3.05, 3.63) is 64.2 Å². The van der Waals surface area contributed by atoms with E-state index in [9.17, 15) is 4.79 Å². The molecule has 1 amide bonds. The Bertz CT molecular complexity index is 703. The van der Waals surface area contributed by atoms with E-state index in [2.05, 4.69) is 11.6 Å². The van der Waals surface area contributed by atoms with E-state index in [0.29, 0.717) is 10.6 Å². The zero-order valence-electron chi connectivity index (χ0n) is 12.8. The molecule has 2 aromatic rings. The number of benzene rings is 2. The van der Waals surface area contributed by atoms with Gasteiger partial charge in [-0.3, -0.25) is 4.79 Å². The van der Waals surface area contributed by atoms with E-state index in [0.717, 1.165) is 23.5 Å². The molecule has 1 atom stereocenters. The summed E-state index contributed by atoms with van der Waals surface area (Å²) in [6, 6.07) is 13.8. The lowest BCUT2D eigenvalue weighted by atomic mass is 10.0. The number of halogens is 1. The molecule has 0 spiro atoms. The van der Waals surface area contributed by atoms with Crippen LogP contribution in [0.25, 0.3) is 0 Å². The van der Waals surface area contributed by atoms with Crippen molar-refractivity contribution in [3.63, 3.8) is 0 Å². The molecule has 0 radical (unpaired) electrons. The van der Waals surface area contributed by atoms with Crippen molar-refractivity contribution in [2.45, 2.75) is 23.1 Å². The van der Waals surface area contributed by atoms with Crippen LogP contribution in [0.4, 0.5) is 0 Å². The van der Waals surface area contributed by atoms with Crippen LogP contribution < -0.4 is 5.32 Å². The summed E-state index contributed by atoms with van der Waals surface area (Å²) < 4.78 is 0. The monoisotopic (exact) mass is 363 g/mol. The molecule has 1 N–H and O–H groups in total. The minimum absolute atomic E-state index is 0.0245. The summed E-state index contributed by atoms with van der Waals surface area (Å²) in [5, 5.41) is 3.87. The van der Waals surface area contributed by atoms with Crippen LogP contribution in [0.3, 0.4) is 0 Å². The van der Waals surface area contributed by atoms with Gasteiger partial charge in [-0.1, -0.05) is 23.7 Å². The Morgan fingerprint density at radius 2 is 2.09 bits per heavy atom. The predicted octanol–water partition coefficient (Wildman–Crippen LogP) is 5.17. The van der Waals surface area contributed by atoms with Gasteiger partial charge in [-0.2, -0.15) is 11.8 Å². The fourth-order valence-corrected chi connectivity index (χ4v) is 4.49. The molecule has 2 nitrogen and oxygen atoms in total. The van der Waals surface area contributed by atoms with Crippen LogP contribution in [-0.2, 0) is 5.75 Å². The zero-order chi connectivity index (χ0) is 16.2. The van der Waals surface area contributed by atoms with Gasteiger partial charge in [0, 0.05) is 27.0 Å². The van der Waals surface area contributed by atoms with Crippen LogP contribution in [0.2, 0.25) is 5.02 Å². The van der Waals surface area contributed by atoms with Crippen molar-refractivity contribution in [2.24, 2.45) is 0 Å². The molecule has 0 saturated heterocycles. The number of nitrogens with one attached hydrogen (secondary N) is 1. The zero-order valence-corrected chi connectivity index (χ0v) is 15.2. The smallest absolute Gasteiger partial charge is 0.251 e. The van der Waals surface area contributed by atoms with Crippen LogP contribution in [0.15, 0.2) is 47.4 Å². The molecule has 0 saturated carbocycles. The summed E-state index contributed by atoms with van der Waals surface area (Å²) >= 11 is 9.71. The van der Waals surface area contributed by atoms with Crippen molar-refractivity contribution >= 4 is 41.0 Å². The molecule has 2 aromatic carbocycles. The fraction of sp³-hybridized carbons (Fsp3) is 0.278. The first-order chi connectivity index (χ1) is 11.2. The van der Waals surface area contributed by atoms with Crippen LogP contribution in [0.5, 0.6) is 0 Å². The molecule has 0 aromatic heterocycles. The van der Waals surface area contributed by atoms with Crippen molar-refractivity contribution in [2.75, 3.05) is 12.0 Å². The number of amides is 1. The van der Waals surface area contributed by atoms with Gasteiger partial charge in [-0.05, 0) is 54.1 Å². The molecule has 120 valence electrons. The van der Waals surface area contributed by atoms with Gasteiger partial charge in [0.1, 0.15) is 0 Å². The van der Waals surface area contributed by atoms with Crippen molar-refractivity contribution in [1.29, 1.82) is 0 Å². The highest BCUT2D eigenvalue weighted by Crippen LogP contribution is 2.37. The second-order valence-corrected chi connectivity index (χ2v) is 7.91. The Balaban J connectivity index is 1.75. The molecule has 3 rings (SSSR count). The third-order valence-electron chi connectivity index (χ3n) is 3.84. The van der Waals surface area contributed by atoms with Crippen LogP contribution in [0, 0.1) is 0 Å². The Hall–Kier alpha value is -1.10. The van der Waals surface area contributed by atoms with Crippen molar-refractivity contribution in [1.82, 2.24) is 5.32 Å². The largest absolute Gasteiger partial charge is 0.345 e. The van der Waals surface area contributed by atoms with Crippen molar-refractivity contribution < 1.29 is 4.79 Å². The molecule has 0 aliphatic carbocycles. The number of rotatable bonds is 4. The summed E-state index contributed by atoms with van der Waals surface area (Å²) in [4.78, 5) is 13.7. The first-order valence-electron chi connectivity index (χ1n) is 7.48. The van der Waals surface area contributed by atoms with E-state index in [-0.39, 0.29) is 11.9 Å². The van der Waals surface area contributed by atoms with E-state index in [1.807, 2.05) is 54.2 Å². The number of hydrogen-bond donors (Lipinski definition) is 1.